The van der Waals surface area contributed by atoms with Crippen molar-refractivity contribution in [2.75, 3.05) is 57.4 Å². The first-order valence-corrected chi connectivity index (χ1v) is 12.3. The molecule has 0 spiro atoms. The fraction of sp³-hybridized carbons (Fsp3) is 0.429. The molecule has 2 heterocycles. The van der Waals surface area contributed by atoms with E-state index in [0.717, 1.165) is 11.6 Å². The Balaban J connectivity index is 1.45. The van der Waals surface area contributed by atoms with Gasteiger partial charge in [0, 0.05) is 64.0 Å². The van der Waals surface area contributed by atoms with Gasteiger partial charge in [-0.2, -0.15) is 4.31 Å². The second kappa shape index (κ2) is 10.0. The van der Waals surface area contributed by atoms with Gasteiger partial charge in [-0.1, -0.05) is 12.1 Å². The molecule has 12 nitrogen and oxygen atoms in total. The van der Waals surface area contributed by atoms with Crippen LogP contribution in [0.2, 0.25) is 0 Å². The molecule has 34 heavy (non-hydrogen) atoms. The molecule has 2 aliphatic rings. The third-order valence-corrected chi connectivity index (χ3v) is 7.91. The van der Waals surface area contributed by atoms with E-state index < -0.39 is 19.9 Å². The number of ether oxygens (including phenoxy) is 1. The molecule has 0 bridgehead atoms. The Morgan fingerprint density at radius 2 is 1.50 bits per heavy atom. The first kappa shape index (κ1) is 24.0. The van der Waals surface area contributed by atoms with Gasteiger partial charge in [0.1, 0.15) is 5.69 Å². The maximum atomic E-state index is 12.9. The maximum Gasteiger partial charge on any atom is 0.293 e. The minimum Gasteiger partial charge on any atom is -0.379 e. The molecule has 0 aliphatic carbocycles. The number of benzene rings is 2. The van der Waals surface area contributed by atoms with Gasteiger partial charge in [0.25, 0.3) is 11.4 Å². The predicted molar refractivity (Wildman–Crippen MR) is 123 cm³/mol. The van der Waals surface area contributed by atoms with E-state index in [2.05, 4.69) is 4.90 Å². The normalized spacial score (nSPS) is 18.1. The number of morpholine rings is 1. The van der Waals surface area contributed by atoms with Crippen molar-refractivity contribution in [3.63, 3.8) is 0 Å². The van der Waals surface area contributed by atoms with Crippen molar-refractivity contribution in [3.8, 4) is 0 Å². The van der Waals surface area contributed by atoms with Crippen molar-refractivity contribution in [1.29, 1.82) is 0 Å². The second-order valence-corrected chi connectivity index (χ2v) is 10.0. The molecule has 0 saturated carbocycles. The van der Waals surface area contributed by atoms with Crippen molar-refractivity contribution in [2.45, 2.75) is 11.4 Å². The summed E-state index contributed by atoms with van der Waals surface area (Å²) in [7, 11) is -3.84. The van der Waals surface area contributed by atoms with Crippen LogP contribution in [0.3, 0.4) is 0 Å². The van der Waals surface area contributed by atoms with Crippen LogP contribution in [0.25, 0.3) is 0 Å². The van der Waals surface area contributed by atoms with E-state index in [1.807, 2.05) is 4.90 Å². The summed E-state index contributed by atoms with van der Waals surface area (Å²) in [6.07, 6.45) is 0. The SMILES string of the molecule is O=[N+]([O-])c1ccc(CN2CCN(c3ccc(S(=O)(=O)N4CCOCC4)cc3[N+](=O)[O-])CC2)cc1. The molecule has 0 aromatic heterocycles. The van der Waals surface area contributed by atoms with Gasteiger partial charge in [-0.25, -0.2) is 8.42 Å². The summed E-state index contributed by atoms with van der Waals surface area (Å²) >= 11 is 0. The lowest BCUT2D eigenvalue weighted by Gasteiger charge is -2.36. The van der Waals surface area contributed by atoms with E-state index in [9.17, 15) is 28.6 Å². The molecular weight excluding hydrogens is 466 g/mol. The molecule has 2 aromatic rings. The smallest absolute Gasteiger partial charge is 0.293 e. The molecule has 0 radical (unpaired) electrons. The molecule has 2 saturated heterocycles. The highest BCUT2D eigenvalue weighted by Gasteiger charge is 2.30. The average Bonchev–Trinajstić information content (AvgIpc) is 2.85. The molecule has 0 amide bonds. The van der Waals surface area contributed by atoms with E-state index >= 15 is 0 Å². The zero-order chi connectivity index (χ0) is 24.3. The van der Waals surface area contributed by atoms with Crippen molar-refractivity contribution < 1.29 is 23.0 Å². The van der Waals surface area contributed by atoms with Crippen LogP contribution in [-0.4, -0.2) is 80.0 Å². The average molecular weight is 492 g/mol. The molecule has 2 fully saturated rings. The van der Waals surface area contributed by atoms with Gasteiger partial charge < -0.3 is 9.64 Å². The zero-order valence-corrected chi connectivity index (χ0v) is 19.2. The van der Waals surface area contributed by atoms with Crippen molar-refractivity contribution in [1.82, 2.24) is 9.21 Å². The highest BCUT2D eigenvalue weighted by atomic mass is 32.2. The number of hydrogen-bond donors (Lipinski definition) is 0. The maximum absolute atomic E-state index is 12.9. The van der Waals surface area contributed by atoms with E-state index in [-0.39, 0.29) is 29.4 Å². The van der Waals surface area contributed by atoms with E-state index in [4.69, 9.17) is 4.74 Å². The van der Waals surface area contributed by atoms with Crippen LogP contribution in [0.4, 0.5) is 17.1 Å². The lowest BCUT2D eigenvalue weighted by molar-refractivity contribution is -0.384. The molecule has 2 aromatic carbocycles. The molecule has 0 N–H and O–H groups in total. The Kier molecular flexibility index (Phi) is 7.07. The number of nitrogens with zero attached hydrogens (tertiary/aromatic N) is 5. The van der Waals surface area contributed by atoms with Crippen LogP contribution in [0.5, 0.6) is 0 Å². The van der Waals surface area contributed by atoms with Gasteiger partial charge in [0.15, 0.2) is 0 Å². The minimum atomic E-state index is -3.84. The van der Waals surface area contributed by atoms with Gasteiger partial charge in [-0.05, 0) is 17.7 Å². The van der Waals surface area contributed by atoms with Crippen LogP contribution in [-0.2, 0) is 21.3 Å². The first-order valence-electron chi connectivity index (χ1n) is 10.8. The summed E-state index contributed by atoms with van der Waals surface area (Å²) in [4.78, 5) is 25.6. The number of nitro groups is 2. The van der Waals surface area contributed by atoms with Crippen LogP contribution in [0, 0.1) is 20.2 Å². The fourth-order valence-corrected chi connectivity index (χ4v) is 5.57. The quantitative estimate of drug-likeness (QED) is 0.419. The summed E-state index contributed by atoms with van der Waals surface area (Å²) in [5.41, 5.74) is 1.14. The van der Waals surface area contributed by atoms with E-state index in [0.29, 0.717) is 51.6 Å². The molecule has 0 unspecified atom stereocenters. The van der Waals surface area contributed by atoms with Gasteiger partial charge in [0.05, 0.1) is 28.0 Å². The highest BCUT2D eigenvalue weighted by molar-refractivity contribution is 7.89. The number of piperazine rings is 1. The second-order valence-electron chi connectivity index (χ2n) is 8.11. The third kappa shape index (κ3) is 5.17. The van der Waals surface area contributed by atoms with Gasteiger partial charge >= 0.3 is 0 Å². The summed E-state index contributed by atoms with van der Waals surface area (Å²) in [5, 5.41) is 22.6. The lowest BCUT2D eigenvalue weighted by Crippen LogP contribution is -2.46. The number of nitro benzene ring substituents is 2. The largest absolute Gasteiger partial charge is 0.379 e. The zero-order valence-electron chi connectivity index (χ0n) is 18.4. The van der Waals surface area contributed by atoms with Gasteiger partial charge in [-0.3, -0.25) is 25.1 Å². The van der Waals surface area contributed by atoms with Crippen molar-refractivity contribution in [2.24, 2.45) is 0 Å². The topological polar surface area (TPSA) is 139 Å². The Morgan fingerprint density at radius 1 is 0.853 bits per heavy atom. The summed E-state index contributed by atoms with van der Waals surface area (Å²) in [6.45, 7) is 3.98. The molecule has 4 rings (SSSR count). The Labute approximate surface area is 196 Å². The molecular formula is C21H25N5O7S. The monoisotopic (exact) mass is 491 g/mol. The van der Waals surface area contributed by atoms with Gasteiger partial charge in [-0.15, -0.1) is 0 Å². The van der Waals surface area contributed by atoms with Crippen LogP contribution in [0.15, 0.2) is 47.4 Å². The number of sulfonamides is 1. The lowest BCUT2D eigenvalue weighted by atomic mass is 10.1. The molecule has 182 valence electrons. The Morgan fingerprint density at radius 3 is 2.09 bits per heavy atom. The molecule has 2 aliphatic heterocycles. The number of hydrogen-bond acceptors (Lipinski definition) is 9. The van der Waals surface area contributed by atoms with Crippen LogP contribution >= 0.6 is 0 Å². The van der Waals surface area contributed by atoms with Crippen molar-refractivity contribution in [3.05, 3.63) is 68.3 Å². The fourth-order valence-electron chi connectivity index (χ4n) is 4.14. The molecule has 0 atom stereocenters. The van der Waals surface area contributed by atoms with E-state index in [1.165, 1.54) is 28.6 Å². The molecule has 13 heteroatoms. The summed E-state index contributed by atoms with van der Waals surface area (Å²) in [5.74, 6) is 0. The van der Waals surface area contributed by atoms with Crippen LogP contribution in [0.1, 0.15) is 5.56 Å². The standard InChI is InChI=1S/C21H25N5O7S/c27-25(28)18-3-1-17(2-4-18)16-22-7-9-23(10-8-22)20-6-5-19(15-21(20)26(29)30)34(31,32)24-11-13-33-14-12-24/h1-6,15H,7-14,16H2. The highest BCUT2D eigenvalue weighted by Crippen LogP contribution is 2.33. The minimum absolute atomic E-state index is 0.0416. The van der Waals surface area contributed by atoms with Crippen molar-refractivity contribution >= 4 is 27.1 Å². The van der Waals surface area contributed by atoms with E-state index in [1.54, 1.807) is 12.1 Å². The summed E-state index contributed by atoms with van der Waals surface area (Å²) < 4.78 is 32.3. The summed E-state index contributed by atoms with van der Waals surface area (Å²) in [6, 6.07) is 10.5. The number of non-ortho nitro benzene ring substituents is 1. The number of rotatable bonds is 7. The van der Waals surface area contributed by atoms with Gasteiger partial charge in [0.2, 0.25) is 10.0 Å². The van der Waals surface area contributed by atoms with Crippen LogP contribution < -0.4 is 4.90 Å². The predicted octanol–water partition coefficient (Wildman–Crippen LogP) is 1.85. The first-order chi connectivity index (χ1) is 16.3. The third-order valence-electron chi connectivity index (χ3n) is 6.02. The Hall–Kier alpha value is -3.13. The Bertz CT molecular complexity index is 1160. The number of anilines is 1.